The van der Waals surface area contributed by atoms with Crippen LogP contribution in [0.1, 0.15) is 94.0 Å². The van der Waals surface area contributed by atoms with Crippen molar-refractivity contribution in [2.75, 3.05) is 0 Å². The molecule has 2 aromatic rings. The van der Waals surface area contributed by atoms with E-state index in [0.717, 1.165) is 17.5 Å². The van der Waals surface area contributed by atoms with E-state index in [9.17, 15) is 9.59 Å². The van der Waals surface area contributed by atoms with Gasteiger partial charge >= 0.3 is 0 Å². The van der Waals surface area contributed by atoms with Gasteiger partial charge in [0.2, 0.25) is 0 Å². The zero-order chi connectivity index (χ0) is 20.9. The zero-order valence-corrected chi connectivity index (χ0v) is 18.2. The number of rotatable bonds is 14. The molecular formula is C27H36O2. The van der Waals surface area contributed by atoms with Gasteiger partial charge in [0.05, 0.1) is 6.42 Å². The molecule has 0 atom stereocenters. The highest BCUT2D eigenvalue weighted by molar-refractivity contribution is 6.08. The SMILES string of the molecule is CCCCCCCCCCc1ccc(-c2ccc(C(=O)CC(=O)CC)cc2)cc1. The Labute approximate surface area is 176 Å². The first kappa shape index (κ1) is 23.1. The monoisotopic (exact) mass is 392 g/mol. The van der Waals surface area contributed by atoms with Gasteiger partial charge in [-0.2, -0.15) is 0 Å². The molecule has 0 fully saturated rings. The van der Waals surface area contributed by atoms with E-state index < -0.39 is 0 Å². The summed E-state index contributed by atoms with van der Waals surface area (Å²) in [6, 6.07) is 16.4. The van der Waals surface area contributed by atoms with Gasteiger partial charge < -0.3 is 0 Å². The predicted octanol–water partition coefficient (Wildman–Crippen LogP) is 7.59. The fraction of sp³-hybridized carbons (Fsp3) is 0.481. The number of benzene rings is 2. The summed E-state index contributed by atoms with van der Waals surface area (Å²) in [5.41, 5.74) is 4.27. The van der Waals surface area contributed by atoms with E-state index in [0.29, 0.717) is 12.0 Å². The van der Waals surface area contributed by atoms with Crippen molar-refractivity contribution in [3.8, 4) is 11.1 Å². The summed E-state index contributed by atoms with van der Waals surface area (Å²) >= 11 is 0. The topological polar surface area (TPSA) is 34.1 Å². The van der Waals surface area contributed by atoms with Crippen molar-refractivity contribution in [1.29, 1.82) is 0 Å². The first-order chi connectivity index (χ1) is 14.1. The molecule has 0 spiro atoms. The van der Waals surface area contributed by atoms with E-state index in [1.807, 2.05) is 24.3 Å². The number of carbonyl (C=O) groups excluding carboxylic acids is 2. The van der Waals surface area contributed by atoms with Crippen LogP contribution >= 0.6 is 0 Å². The number of hydrogen-bond donors (Lipinski definition) is 0. The Morgan fingerprint density at radius 2 is 1.17 bits per heavy atom. The molecule has 0 aromatic heterocycles. The second kappa shape index (κ2) is 13.1. The maximum Gasteiger partial charge on any atom is 0.170 e. The second-order valence-corrected chi connectivity index (χ2v) is 7.99. The summed E-state index contributed by atoms with van der Waals surface area (Å²) in [4.78, 5) is 23.6. The Bertz CT molecular complexity index is 741. The van der Waals surface area contributed by atoms with E-state index in [-0.39, 0.29) is 18.0 Å². The average Bonchev–Trinajstić information content (AvgIpc) is 2.76. The van der Waals surface area contributed by atoms with Crippen LogP contribution in [0.15, 0.2) is 48.5 Å². The third kappa shape index (κ3) is 8.35. The fourth-order valence-electron chi connectivity index (χ4n) is 3.58. The molecule has 0 N–H and O–H groups in total. The molecule has 0 amide bonds. The Balaban J connectivity index is 1.78. The van der Waals surface area contributed by atoms with Crippen molar-refractivity contribution in [1.82, 2.24) is 0 Å². The predicted molar refractivity (Wildman–Crippen MR) is 122 cm³/mol. The number of ketones is 2. The number of aryl methyl sites for hydroxylation is 1. The van der Waals surface area contributed by atoms with Crippen LogP contribution in [0.3, 0.4) is 0 Å². The summed E-state index contributed by atoms with van der Waals surface area (Å²) in [6.45, 7) is 4.05. The van der Waals surface area contributed by atoms with Crippen LogP contribution in [0.2, 0.25) is 0 Å². The molecular weight excluding hydrogens is 356 g/mol. The van der Waals surface area contributed by atoms with Crippen molar-refractivity contribution in [3.63, 3.8) is 0 Å². The zero-order valence-electron chi connectivity index (χ0n) is 18.2. The van der Waals surface area contributed by atoms with Gasteiger partial charge in [-0.05, 0) is 29.5 Å². The number of carbonyl (C=O) groups is 2. The molecule has 0 heterocycles. The molecule has 29 heavy (non-hydrogen) atoms. The highest BCUT2D eigenvalue weighted by Gasteiger charge is 2.10. The Hall–Kier alpha value is -2.22. The number of unbranched alkanes of at least 4 members (excludes halogenated alkanes) is 7. The average molecular weight is 393 g/mol. The number of Topliss-reactive ketones (excluding diaryl/α,β-unsaturated/α-hetero) is 2. The lowest BCUT2D eigenvalue weighted by atomic mass is 9.98. The molecule has 0 unspecified atom stereocenters. The van der Waals surface area contributed by atoms with E-state index in [4.69, 9.17) is 0 Å². The molecule has 0 aliphatic rings. The third-order valence-corrected chi connectivity index (χ3v) is 5.57. The van der Waals surface area contributed by atoms with Gasteiger partial charge in [-0.15, -0.1) is 0 Å². The summed E-state index contributed by atoms with van der Waals surface area (Å²) in [5.74, 6) is -0.102. The molecule has 0 aliphatic heterocycles. The quantitative estimate of drug-likeness (QED) is 0.188. The van der Waals surface area contributed by atoms with Crippen molar-refractivity contribution >= 4 is 11.6 Å². The molecule has 2 rings (SSSR count). The Kier molecular flexibility index (Phi) is 10.4. The van der Waals surface area contributed by atoms with E-state index in [2.05, 4.69) is 31.2 Å². The van der Waals surface area contributed by atoms with Crippen LogP contribution in [0, 0.1) is 0 Å². The van der Waals surface area contributed by atoms with Crippen molar-refractivity contribution < 1.29 is 9.59 Å². The van der Waals surface area contributed by atoms with Gasteiger partial charge in [-0.3, -0.25) is 9.59 Å². The second-order valence-electron chi connectivity index (χ2n) is 7.99. The third-order valence-electron chi connectivity index (χ3n) is 5.57. The van der Waals surface area contributed by atoms with E-state index in [1.165, 1.54) is 56.9 Å². The van der Waals surface area contributed by atoms with Gasteiger partial charge in [-0.25, -0.2) is 0 Å². The smallest absolute Gasteiger partial charge is 0.170 e. The maximum absolute atomic E-state index is 12.1. The molecule has 2 nitrogen and oxygen atoms in total. The molecule has 0 bridgehead atoms. The normalized spacial score (nSPS) is 10.8. The largest absolute Gasteiger partial charge is 0.299 e. The highest BCUT2D eigenvalue weighted by Crippen LogP contribution is 2.22. The van der Waals surface area contributed by atoms with Gasteiger partial charge in [0.15, 0.2) is 5.78 Å². The number of hydrogen-bond acceptors (Lipinski definition) is 2. The summed E-state index contributed by atoms with van der Waals surface area (Å²) in [5, 5.41) is 0. The molecule has 156 valence electrons. The first-order valence-electron chi connectivity index (χ1n) is 11.4. The standard InChI is InChI=1S/C27H36O2/c1-3-5-6-7-8-9-10-11-12-22-13-15-23(16-14-22)24-17-19-25(20-18-24)27(29)21-26(28)4-2/h13-20H,3-12,21H2,1-2H3. The van der Waals surface area contributed by atoms with Crippen LogP contribution in [0.5, 0.6) is 0 Å². The molecule has 0 saturated heterocycles. The van der Waals surface area contributed by atoms with Crippen LogP contribution < -0.4 is 0 Å². The summed E-state index contributed by atoms with van der Waals surface area (Å²) in [6.07, 6.45) is 12.4. The van der Waals surface area contributed by atoms with Crippen LogP contribution in [0.4, 0.5) is 0 Å². The van der Waals surface area contributed by atoms with Gasteiger partial charge in [0.25, 0.3) is 0 Å². The molecule has 0 radical (unpaired) electrons. The highest BCUT2D eigenvalue weighted by atomic mass is 16.1. The lowest BCUT2D eigenvalue weighted by Crippen LogP contribution is -2.06. The fourth-order valence-corrected chi connectivity index (χ4v) is 3.58. The van der Waals surface area contributed by atoms with Crippen molar-refractivity contribution in [3.05, 3.63) is 59.7 Å². The summed E-state index contributed by atoms with van der Waals surface area (Å²) < 4.78 is 0. The van der Waals surface area contributed by atoms with Crippen LogP contribution in [-0.2, 0) is 11.2 Å². The van der Waals surface area contributed by atoms with Gasteiger partial charge in [-0.1, -0.05) is 107 Å². The molecule has 2 aromatic carbocycles. The summed E-state index contributed by atoms with van der Waals surface area (Å²) in [7, 11) is 0. The van der Waals surface area contributed by atoms with Crippen molar-refractivity contribution in [2.45, 2.75) is 84.5 Å². The Morgan fingerprint density at radius 1 is 0.655 bits per heavy atom. The minimum absolute atomic E-state index is 0.00326. The lowest BCUT2D eigenvalue weighted by molar-refractivity contribution is -0.117. The first-order valence-corrected chi connectivity index (χ1v) is 11.4. The Morgan fingerprint density at radius 3 is 1.72 bits per heavy atom. The minimum atomic E-state index is -0.0934. The van der Waals surface area contributed by atoms with Crippen LogP contribution in [-0.4, -0.2) is 11.6 Å². The molecule has 0 aliphatic carbocycles. The van der Waals surface area contributed by atoms with Gasteiger partial charge in [0.1, 0.15) is 5.78 Å². The van der Waals surface area contributed by atoms with E-state index in [1.54, 1.807) is 6.92 Å². The van der Waals surface area contributed by atoms with Gasteiger partial charge in [0, 0.05) is 12.0 Å². The maximum atomic E-state index is 12.1. The lowest BCUT2D eigenvalue weighted by Gasteiger charge is -2.06. The molecule has 0 saturated carbocycles. The van der Waals surface area contributed by atoms with E-state index >= 15 is 0 Å². The minimum Gasteiger partial charge on any atom is -0.299 e. The molecule has 2 heteroatoms. The van der Waals surface area contributed by atoms with Crippen LogP contribution in [0.25, 0.3) is 11.1 Å². The van der Waals surface area contributed by atoms with Crippen molar-refractivity contribution in [2.24, 2.45) is 0 Å².